The molecule has 0 saturated heterocycles. The highest BCUT2D eigenvalue weighted by molar-refractivity contribution is 7.86. The zero-order valence-corrected chi connectivity index (χ0v) is 28.9. The number of rotatable bonds is 15. The number of amides is 1. The van der Waals surface area contributed by atoms with Crippen molar-refractivity contribution in [1.29, 1.82) is 0 Å². The van der Waals surface area contributed by atoms with Gasteiger partial charge in [0, 0.05) is 0 Å². The van der Waals surface area contributed by atoms with Crippen LogP contribution in [0.15, 0.2) is 54.6 Å². The predicted octanol–water partition coefficient (Wildman–Crippen LogP) is 5.92. The lowest BCUT2D eigenvalue weighted by Crippen LogP contribution is -2.56. The van der Waals surface area contributed by atoms with Gasteiger partial charge in [0.25, 0.3) is 10.1 Å². The fraction of sp³-hybridized carbons (Fsp3) is 0.581. The number of carbonyl (C=O) groups excluding carboxylic acids is 1. The van der Waals surface area contributed by atoms with Crippen molar-refractivity contribution in [2.75, 3.05) is 26.6 Å². The molecule has 1 N–H and O–H groups in total. The zero-order valence-electron chi connectivity index (χ0n) is 27.1. The first-order valence-corrected chi connectivity index (χ1v) is 19.0. The van der Waals surface area contributed by atoms with E-state index < -0.39 is 48.4 Å². The molecule has 0 bridgehead atoms. The SMILES string of the molecule is COc1ccc(OC[C@H](NC(=O)OC(C)(C)C)[C@H](OCc2ccccc2)[C@@H](CO[Si](C)(C)C(C)(C)C)OS(C)(=O)=O)cc1. The fourth-order valence-corrected chi connectivity index (χ4v) is 5.32. The molecule has 0 spiro atoms. The number of alkyl carbamates (subject to hydrolysis) is 1. The second kappa shape index (κ2) is 15.4. The Bertz CT molecular complexity index is 1240. The lowest BCUT2D eigenvalue weighted by atomic mass is 10.1. The van der Waals surface area contributed by atoms with Gasteiger partial charge in [-0.05, 0) is 68.7 Å². The van der Waals surface area contributed by atoms with E-state index in [0.717, 1.165) is 11.8 Å². The summed E-state index contributed by atoms with van der Waals surface area (Å²) in [5, 5.41) is 2.70. The summed E-state index contributed by atoms with van der Waals surface area (Å²) in [6.45, 7) is 15.6. The van der Waals surface area contributed by atoms with Crippen LogP contribution >= 0.6 is 0 Å². The summed E-state index contributed by atoms with van der Waals surface area (Å²) >= 11 is 0. The number of nitrogens with one attached hydrogen (secondary N) is 1. The van der Waals surface area contributed by atoms with Gasteiger partial charge in [0.2, 0.25) is 0 Å². The molecule has 0 radical (unpaired) electrons. The molecular weight excluding hydrogens is 590 g/mol. The Balaban J connectivity index is 2.51. The van der Waals surface area contributed by atoms with E-state index >= 15 is 0 Å². The Labute approximate surface area is 258 Å². The molecule has 3 atom stereocenters. The fourth-order valence-electron chi connectivity index (χ4n) is 3.69. The first-order chi connectivity index (χ1) is 19.8. The van der Waals surface area contributed by atoms with Crippen LogP contribution in [-0.2, 0) is 34.8 Å². The van der Waals surface area contributed by atoms with Crippen molar-refractivity contribution in [3.63, 3.8) is 0 Å². The third-order valence-corrected chi connectivity index (χ3v) is 12.0. The van der Waals surface area contributed by atoms with Gasteiger partial charge >= 0.3 is 6.09 Å². The Hall–Kier alpha value is -2.64. The van der Waals surface area contributed by atoms with E-state index in [4.69, 9.17) is 27.6 Å². The summed E-state index contributed by atoms with van der Waals surface area (Å²) in [5.74, 6) is 1.17. The van der Waals surface area contributed by atoms with Gasteiger partial charge in [-0.25, -0.2) is 4.79 Å². The van der Waals surface area contributed by atoms with Crippen LogP contribution < -0.4 is 14.8 Å². The Morgan fingerprint density at radius 1 is 0.907 bits per heavy atom. The second-order valence-corrected chi connectivity index (χ2v) is 19.3. The average molecular weight is 640 g/mol. The largest absolute Gasteiger partial charge is 0.497 e. The maximum Gasteiger partial charge on any atom is 0.408 e. The summed E-state index contributed by atoms with van der Waals surface area (Å²) < 4.78 is 60.3. The molecule has 2 aromatic carbocycles. The average Bonchev–Trinajstić information content (AvgIpc) is 2.88. The Morgan fingerprint density at radius 3 is 2.00 bits per heavy atom. The molecule has 2 aromatic rings. The first kappa shape index (κ1) is 36.5. The highest BCUT2D eigenvalue weighted by Crippen LogP contribution is 2.37. The number of ether oxygens (including phenoxy) is 4. The maximum absolute atomic E-state index is 13.1. The van der Waals surface area contributed by atoms with Gasteiger partial charge in [-0.2, -0.15) is 8.42 Å². The number of carbonyl (C=O) groups is 1. The Kier molecular flexibility index (Phi) is 13.1. The predicted molar refractivity (Wildman–Crippen MR) is 170 cm³/mol. The molecule has 10 nitrogen and oxygen atoms in total. The normalized spacial score (nSPS) is 14.8. The summed E-state index contributed by atoms with van der Waals surface area (Å²) in [6.07, 6.45) is -1.88. The van der Waals surface area contributed by atoms with Crippen molar-refractivity contribution in [3.05, 3.63) is 60.2 Å². The minimum absolute atomic E-state index is 0.0853. The van der Waals surface area contributed by atoms with Crippen molar-refractivity contribution >= 4 is 24.5 Å². The van der Waals surface area contributed by atoms with Gasteiger partial charge in [-0.3, -0.25) is 4.18 Å². The van der Waals surface area contributed by atoms with Gasteiger partial charge in [0.15, 0.2) is 8.32 Å². The molecule has 12 heteroatoms. The van der Waals surface area contributed by atoms with Crippen LogP contribution in [-0.4, -0.2) is 73.3 Å². The van der Waals surface area contributed by atoms with E-state index in [2.05, 4.69) is 39.2 Å². The van der Waals surface area contributed by atoms with E-state index in [1.807, 2.05) is 30.3 Å². The van der Waals surface area contributed by atoms with Crippen molar-refractivity contribution in [2.45, 2.75) is 90.1 Å². The molecule has 2 rings (SSSR count). The zero-order chi connectivity index (χ0) is 32.5. The topological polar surface area (TPSA) is 119 Å². The highest BCUT2D eigenvalue weighted by Gasteiger charge is 2.41. The van der Waals surface area contributed by atoms with Crippen LogP contribution in [0.3, 0.4) is 0 Å². The molecule has 0 aromatic heterocycles. The van der Waals surface area contributed by atoms with Crippen molar-refractivity contribution in [3.8, 4) is 11.5 Å². The van der Waals surface area contributed by atoms with Gasteiger partial charge in [0.1, 0.15) is 35.9 Å². The van der Waals surface area contributed by atoms with E-state index in [0.29, 0.717) is 11.5 Å². The Morgan fingerprint density at radius 2 is 1.49 bits per heavy atom. The quantitative estimate of drug-likeness (QED) is 0.187. The van der Waals surface area contributed by atoms with Crippen molar-refractivity contribution in [2.24, 2.45) is 0 Å². The molecular formula is C31H49NO9SSi. The van der Waals surface area contributed by atoms with E-state index in [9.17, 15) is 13.2 Å². The van der Waals surface area contributed by atoms with Crippen LogP contribution in [0.1, 0.15) is 47.1 Å². The van der Waals surface area contributed by atoms with Crippen LogP contribution in [0.4, 0.5) is 4.79 Å². The molecule has 0 aliphatic heterocycles. The number of benzene rings is 2. The molecule has 0 aliphatic carbocycles. The molecule has 1 amide bonds. The van der Waals surface area contributed by atoms with Crippen LogP contribution in [0.25, 0.3) is 0 Å². The molecule has 0 unspecified atom stereocenters. The molecule has 43 heavy (non-hydrogen) atoms. The molecule has 242 valence electrons. The van der Waals surface area contributed by atoms with Crippen LogP contribution in [0.5, 0.6) is 11.5 Å². The van der Waals surface area contributed by atoms with E-state index in [1.54, 1.807) is 52.1 Å². The van der Waals surface area contributed by atoms with Gasteiger partial charge in [0.05, 0.1) is 32.6 Å². The molecule has 0 saturated carbocycles. The van der Waals surface area contributed by atoms with Crippen LogP contribution in [0, 0.1) is 0 Å². The van der Waals surface area contributed by atoms with E-state index in [-0.39, 0.29) is 24.9 Å². The third-order valence-electron chi connectivity index (χ3n) is 6.95. The summed E-state index contributed by atoms with van der Waals surface area (Å²) in [7, 11) is -4.73. The summed E-state index contributed by atoms with van der Waals surface area (Å²) in [5.41, 5.74) is 0.0722. The summed E-state index contributed by atoms with van der Waals surface area (Å²) in [6, 6.07) is 15.5. The van der Waals surface area contributed by atoms with Gasteiger partial charge in [-0.1, -0.05) is 51.1 Å². The lowest BCUT2D eigenvalue weighted by Gasteiger charge is -2.39. The van der Waals surface area contributed by atoms with E-state index in [1.165, 1.54) is 0 Å². The first-order valence-electron chi connectivity index (χ1n) is 14.2. The van der Waals surface area contributed by atoms with Crippen molar-refractivity contribution < 1.29 is 40.8 Å². The van der Waals surface area contributed by atoms with Crippen LogP contribution in [0.2, 0.25) is 18.1 Å². The number of hydrogen-bond acceptors (Lipinski definition) is 9. The number of hydrogen-bond donors (Lipinski definition) is 1. The maximum atomic E-state index is 13.1. The lowest BCUT2D eigenvalue weighted by molar-refractivity contribution is -0.0736. The van der Waals surface area contributed by atoms with Crippen molar-refractivity contribution in [1.82, 2.24) is 5.32 Å². The number of methoxy groups -OCH3 is 1. The standard InChI is InChI=1S/C31H49NO9SSi/c1-30(2,3)40-29(33)32-26(21-37-25-18-16-24(36-7)17-19-25)28(38-20-23-14-12-11-13-15-23)27(41-42(8,34)35)22-39-43(9,10)31(4,5)6/h11-19,26-28H,20-22H2,1-10H3,(H,32,33)/t26-,27+,28-/m0/s1. The smallest absolute Gasteiger partial charge is 0.408 e. The highest BCUT2D eigenvalue weighted by atomic mass is 32.2. The molecule has 0 heterocycles. The minimum Gasteiger partial charge on any atom is -0.497 e. The summed E-state index contributed by atoms with van der Waals surface area (Å²) in [4.78, 5) is 13.1. The monoisotopic (exact) mass is 639 g/mol. The minimum atomic E-state index is -3.96. The second-order valence-electron chi connectivity index (χ2n) is 12.9. The molecule has 0 fully saturated rings. The molecule has 0 aliphatic rings. The third kappa shape index (κ3) is 13.3. The van der Waals surface area contributed by atoms with Gasteiger partial charge < -0.3 is 28.7 Å². The van der Waals surface area contributed by atoms with Gasteiger partial charge in [-0.15, -0.1) is 0 Å².